The number of alkyl halides is 3. The van der Waals surface area contributed by atoms with Crippen LogP contribution in [0, 0.1) is 23.7 Å². The van der Waals surface area contributed by atoms with Crippen molar-refractivity contribution in [3.63, 3.8) is 0 Å². The van der Waals surface area contributed by atoms with Crippen LogP contribution in [0.1, 0.15) is 139 Å². The minimum absolute atomic E-state index is 0.0111. The molecule has 22 N–H and O–H groups in total. The van der Waals surface area contributed by atoms with Crippen LogP contribution in [0.15, 0.2) is 65.7 Å². The second-order valence-corrected chi connectivity index (χ2v) is 28.2. The number of nitrogens with one attached hydrogen (secondary N) is 11. The summed E-state index contributed by atoms with van der Waals surface area (Å²) >= 11 is 0. The summed E-state index contributed by atoms with van der Waals surface area (Å²) in [5.41, 5.74) is 15.8. The van der Waals surface area contributed by atoms with Crippen LogP contribution in [0.5, 0.6) is 0 Å². The van der Waals surface area contributed by atoms with Crippen LogP contribution in [0.4, 0.5) is 18.0 Å². The van der Waals surface area contributed by atoms with Gasteiger partial charge in [0.1, 0.15) is 66.6 Å². The maximum absolute atomic E-state index is 15.6. The van der Waals surface area contributed by atoms with Crippen LogP contribution in [0.25, 0.3) is 0 Å². The maximum atomic E-state index is 15.6. The second kappa shape index (κ2) is 46.0. The van der Waals surface area contributed by atoms with Crippen molar-refractivity contribution in [1.29, 1.82) is 0 Å². The average Bonchev–Trinajstić information content (AvgIpc) is 0.819. The minimum atomic E-state index is -5.08. The summed E-state index contributed by atoms with van der Waals surface area (Å²) < 4.78 is 48.5. The number of guanidine groups is 1. The van der Waals surface area contributed by atoms with Crippen LogP contribution in [0.3, 0.4) is 0 Å². The zero-order chi connectivity index (χ0) is 84.5. The van der Waals surface area contributed by atoms with Crippen molar-refractivity contribution in [1.82, 2.24) is 58.5 Å². The zero-order valence-corrected chi connectivity index (χ0v) is 63.6. The largest absolute Gasteiger partial charge is 0.490 e. The Labute approximate surface area is 638 Å². The molecule has 38 nitrogen and oxygen atoms in total. The summed E-state index contributed by atoms with van der Waals surface area (Å²) in [6.07, 6.45) is -16.0. The van der Waals surface area contributed by atoms with Crippen LogP contribution in [0.2, 0.25) is 0 Å². The molecule has 1 aliphatic rings. The first-order valence-corrected chi connectivity index (χ1v) is 35.4. The van der Waals surface area contributed by atoms with Crippen LogP contribution >= 0.6 is 0 Å². The number of aliphatic carboxylic acids is 1. The van der Waals surface area contributed by atoms with E-state index < -0.39 is 229 Å². The number of aliphatic imine (C=N–C) groups is 1. The van der Waals surface area contributed by atoms with Crippen molar-refractivity contribution in [3.05, 3.63) is 71.8 Å². The maximum Gasteiger partial charge on any atom is 0.490 e. The van der Waals surface area contributed by atoms with Gasteiger partial charge in [-0.05, 0) is 88.2 Å². The summed E-state index contributed by atoms with van der Waals surface area (Å²) in [6, 6.07) is -4.17. The van der Waals surface area contributed by atoms with Crippen molar-refractivity contribution in [3.8, 4) is 0 Å². The molecule has 0 bridgehead atoms. The Kier molecular flexibility index (Phi) is 39.9. The highest BCUT2D eigenvalue weighted by atomic mass is 19.4. The Balaban J connectivity index is 0.00000567. The summed E-state index contributed by atoms with van der Waals surface area (Å²) in [6.45, 7) is 15.5. The molecule has 1 heterocycles. The molecule has 2 unspecified atom stereocenters. The van der Waals surface area contributed by atoms with Gasteiger partial charge in [-0.25, -0.2) is 14.4 Å². The highest BCUT2D eigenvalue weighted by molar-refractivity contribution is 6.01. The third kappa shape index (κ3) is 34.3. The van der Waals surface area contributed by atoms with Crippen molar-refractivity contribution < 1.29 is 125 Å². The second-order valence-electron chi connectivity index (χ2n) is 28.2. The highest BCUT2D eigenvalue weighted by Gasteiger charge is 2.45. The average molecular weight is 1580 g/mol. The first-order valence-electron chi connectivity index (χ1n) is 35.4. The third-order valence-electron chi connectivity index (χ3n) is 16.2. The first kappa shape index (κ1) is 96.3. The number of hydrogen-bond acceptors (Lipinski definition) is 23. The lowest BCUT2D eigenvalue weighted by molar-refractivity contribution is -0.192. The number of nitrogens with two attached hydrogens (primary N) is 3. The number of amides is 12. The van der Waals surface area contributed by atoms with Gasteiger partial charge in [-0.2, -0.15) is 13.2 Å². The van der Waals surface area contributed by atoms with E-state index in [0.29, 0.717) is 5.56 Å². The molecule has 2 aromatic carbocycles. The van der Waals surface area contributed by atoms with E-state index in [0.717, 1.165) is 6.92 Å². The van der Waals surface area contributed by atoms with Crippen LogP contribution < -0.4 is 75.7 Å². The molecule has 41 heteroatoms. The summed E-state index contributed by atoms with van der Waals surface area (Å²) in [5.74, 6) is -22.4. The molecule has 0 aromatic heterocycles. The number of carbonyl (C=O) groups is 15. The van der Waals surface area contributed by atoms with E-state index in [1.165, 1.54) is 65.0 Å². The summed E-state index contributed by atoms with van der Waals surface area (Å²) in [4.78, 5) is 213. The number of carboxylic acid groups (broad SMARTS) is 1. The summed E-state index contributed by atoms with van der Waals surface area (Å²) in [5, 5.41) is 77.7. The van der Waals surface area contributed by atoms with Gasteiger partial charge in [-0.3, -0.25) is 62.5 Å². The number of primary amides is 1. The molecule has 111 heavy (non-hydrogen) atoms. The molecule has 0 spiro atoms. The molecule has 1 saturated heterocycles. The lowest BCUT2D eigenvalue weighted by Gasteiger charge is -2.34. The molecular weight excluding hydrogens is 1480 g/mol. The van der Waals surface area contributed by atoms with Gasteiger partial charge in [-0.15, -0.1) is 0 Å². The molecule has 2 aromatic rings. The fourth-order valence-corrected chi connectivity index (χ4v) is 10.3. The number of aliphatic hydroxyl groups excluding tert-OH is 4. The fourth-order valence-electron chi connectivity index (χ4n) is 10.3. The number of alkyl carbamates (subject to hydrolysis) is 1. The molecule has 620 valence electrons. The Bertz CT molecular complexity index is 3530. The van der Waals surface area contributed by atoms with Gasteiger partial charge in [0.15, 0.2) is 24.2 Å². The van der Waals surface area contributed by atoms with Crippen LogP contribution in [-0.2, 0) is 87.9 Å². The Hall–Kier alpha value is -10.8. The summed E-state index contributed by atoms with van der Waals surface area (Å²) in [7, 11) is 0. The number of carbonyl (C=O) groups excluding carboxylic acids is 14. The number of hydrogen-bond donors (Lipinski definition) is 19. The van der Waals surface area contributed by atoms with Gasteiger partial charge in [0, 0.05) is 6.54 Å². The van der Waals surface area contributed by atoms with Gasteiger partial charge >= 0.3 is 30.2 Å². The van der Waals surface area contributed by atoms with E-state index in [4.69, 9.17) is 41.3 Å². The topological polar surface area (TPSA) is 608 Å². The van der Waals surface area contributed by atoms with E-state index in [9.17, 15) is 86.3 Å². The highest BCUT2D eigenvalue weighted by Crippen LogP contribution is 2.25. The van der Waals surface area contributed by atoms with Crippen molar-refractivity contribution in [2.24, 2.45) is 45.9 Å². The molecule has 12 amide bonds. The molecule has 0 aliphatic carbocycles. The quantitative estimate of drug-likeness (QED) is 0.0145. The first-order chi connectivity index (χ1) is 51.6. The number of carboxylic acids is 1. The van der Waals surface area contributed by atoms with Crippen molar-refractivity contribution >= 4 is 94.9 Å². The van der Waals surface area contributed by atoms with Crippen molar-refractivity contribution in [2.45, 2.75) is 225 Å². The number of nitrogens with zero attached hydrogens (tertiary/aromatic N) is 1. The van der Waals surface area contributed by atoms with Crippen molar-refractivity contribution in [2.75, 3.05) is 19.7 Å². The standard InChI is InChI=1S/C68H105N15O21.C2HF3O2/c1-13-36(8)47-61(96)81-48(37(9)85)60(95)73-30-45(86)79-50(53(89)55(69)90)63(98)77-44(31-84)65(100)103-54(39-23-18-15-19-24-39)51(64(99)82-49(52(88)35(6)7)62(97)76-41(27-33(2)3)57(92)74-40(56(91)80-47)25-20-26-72-66(70)71)83-59(94)42(28-34(4)5)75-58(93)43(78-67(101)104-68(10,11)12)29-46(87)102-32-38-21-16-14-17-22-38;3-2(4,5)1(6)7/h14-19,21-24,33-37,40-44,47-54,84-85,88-89H,13,20,25-32H2,1-12H3,(H2,69,90)(H,73,95)(H,74,92)(H,75,93)(H,76,97)(H,77,98)(H,78,101)(H,79,86)(H,80,91)(H,81,96)(H,82,99)(H,83,94)(H4,70,71,72);(H,6,7)/t36-,37-,40+,41-,42-,43+,44-,47?,48?,49-,50-,51-,52+,53-,54+;/m0./s1. The SMILES string of the molecule is CC[C@H](C)C1NC(=O)[C@@H](CCCN=C(N)N)NC(=O)[C@H](CC(C)C)NC(=O)[C@H]([C@H](O)C(C)C)NC(=O)[C@@H](NC(=O)[C@H](CC(C)C)NC(=O)[C@@H](CC(=O)OCc2ccccc2)NC(=O)OC(C)(C)C)[C@@H](c2ccccc2)OC(=O)[C@H](CO)NC(=O)[C@H]([C@H](O)C(N)=O)NC(=O)CNC(=O)C([C@H](C)O)NC1=O.O=C(O)C(F)(F)F. The number of rotatable bonds is 26. The number of aliphatic hydroxyl groups is 4. The molecule has 0 saturated carbocycles. The number of halogens is 3. The van der Waals surface area contributed by atoms with Gasteiger partial charge in [0.2, 0.25) is 65.0 Å². The monoisotopic (exact) mass is 1580 g/mol. The number of ether oxygens (including phenoxy) is 3. The Morgan fingerprint density at radius 1 is 0.649 bits per heavy atom. The molecular formula is C70H106F3N15O23. The fraction of sp³-hybridized carbons (Fsp3) is 0.600. The normalized spacial score (nSPS) is 22.1. The van der Waals surface area contributed by atoms with E-state index >= 15 is 14.4 Å². The van der Waals surface area contributed by atoms with E-state index in [-0.39, 0.29) is 56.8 Å². The molecule has 1 fully saturated rings. The lowest BCUT2D eigenvalue weighted by atomic mass is 9.95. The van der Waals surface area contributed by atoms with E-state index in [2.05, 4.69) is 52.8 Å². The Morgan fingerprint density at radius 3 is 1.69 bits per heavy atom. The number of esters is 2. The number of benzene rings is 2. The van der Waals surface area contributed by atoms with E-state index in [1.54, 1.807) is 71.9 Å². The molecule has 15 atom stereocenters. The predicted octanol–water partition coefficient (Wildman–Crippen LogP) is -3.15. The number of cyclic esters (lactones) is 1. The zero-order valence-electron chi connectivity index (χ0n) is 63.6. The van der Waals surface area contributed by atoms with Gasteiger partial charge in [0.25, 0.3) is 0 Å². The molecule has 0 radical (unpaired) electrons. The molecule has 3 rings (SSSR count). The molecule has 1 aliphatic heterocycles. The third-order valence-corrected chi connectivity index (χ3v) is 16.2. The van der Waals surface area contributed by atoms with Crippen LogP contribution in [-0.4, -0.2) is 231 Å². The smallest absolute Gasteiger partial charge is 0.475 e. The van der Waals surface area contributed by atoms with E-state index in [1.807, 2.05) is 10.6 Å². The van der Waals surface area contributed by atoms with Gasteiger partial charge in [0.05, 0.1) is 31.8 Å². The minimum Gasteiger partial charge on any atom is -0.475 e. The lowest BCUT2D eigenvalue weighted by Crippen LogP contribution is -2.64. The van der Waals surface area contributed by atoms with Gasteiger partial charge in [-0.1, -0.05) is 122 Å². The van der Waals surface area contributed by atoms with Gasteiger partial charge < -0.3 is 115 Å². The Morgan fingerprint density at radius 2 is 1.18 bits per heavy atom. The predicted molar refractivity (Wildman–Crippen MR) is 386 cm³/mol.